The quantitative estimate of drug-likeness (QED) is 0.352. The number of carbonyl (C=O) groups is 2. The average molecular weight is 465 g/mol. The Morgan fingerprint density at radius 1 is 1.12 bits per heavy atom. The third kappa shape index (κ3) is 3.70. The first-order valence-corrected chi connectivity index (χ1v) is 11.5. The van der Waals surface area contributed by atoms with Crippen molar-refractivity contribution in [1.82, 2.24) is 19.2 Å². The van der Waals surface area contributed by atoms with Gasteiger partial charge >= 0.3 is 0 Å². The summed E-state index contributed by atoms with van der Waals surface area (Å²) < 4.78 is 13.0. The molecular weight excluding hydrogens is 436 g/mol. The third-order valence-corrected chi connectivity index (χ3v) is 6.58. The number of ether oxygens (including phenoxy) is 1. The van der Waals surface area contributed by atoms with Crippen LogP contribution in [0.1, 0.15) is 34.5 Å². The van der Waals surface area contributed by atoms with E-state index in [9.17, 15) is 14.7 Å². The number of imidazole rings is 1. The van der Waals surface area contributed by atoms with Crippen LogP contribution in [0.25, 0.3) is 11.4 Å². The molecule has 2 fully saturated rings. The highest BCUT2D eigenvalue weighted by Gasteiger charge is 2.48. The first-order chi connectivity index (χ1) is 16.4. The number of aryl methyl sites for hydroxylation is 3. The standard InChI is InChI=1S/C25H28N4O5/c1-15-5-4-8-28-20(17(3)26-24(15)28)22(30)19-21(18-7-6-16(2)34-18)29(25(32)23(19)31)10-9-27-11-13-33-14-12-27/h4-8,21,30H,9-14H2,1-3H3/t21-/m1/s1. The fourth-order valence-corrected chi connectivity index (χ4v) is 4.81. The number of hydrogen-bond acceptors (Lipinski definition) is 7. The Morgan fingerprint density at radius 2 is 1.88 bits per heavy atom. The van der Waals surface area contributed by atoms with E-state index in [2.05, 4.69) is 9.88 Å². The molecule has 178 valence electrons. The monoisotopic (exact) mass is 464 g/mol. The summed E-state index contributed by atoms with van der Waals surface area (Å²) in [5, 5.41) is 11.5. The fourth-order valence-electron chi connectivity index (χ4n) is 4.81. The van der Waals surface area contributed by atoms with E-state index in [4.69, 9.17) is 9.15 Å². The van der Waals surface area contributed by atoms with Crippen LogP contribution in [0.15, 0.2) is 40.5 Å². The molecule has 0 spiro atoms. The van der Waals surface area contributed by atoms with Crippen LogP contribution in [0.5, 0.6) is 0 Å². The number of amides is 1. The van der Waals surface area contributed by atoms with Crippen molar-refractivity contribution in [3.8, 4) is 0 Å². The Hall–Kier alpha value is -3.43. The lowest BCUT2D eigenvalue weighted by atomic mass is 10.0. The molecule has 1 atom stereocenters. The Morgan fingerprint density at radius 3 is 2.59 bits per heavy atom. The van der Waals surface area contributed by atoms with Gasteiger partial charge in [0.25, 0.3) is 11.7 Å². The van der Waals surface area contributed by atoms with Gasteiger partial charge in [-0.25, -0.2) is 4.98 Å². The van der Waals surface area contributed by atoms with Gasteiger partial charge in [-0.05, 0) is 44.5 Å². The summed E-state index contributed by atoms with van der Waals surface area (Å²) in [6.07, 6.45) is 1.79. The second-order valence-corrected chi connectivity index (χ2v) is 8.83. The number of carbonyl (C=O) groups excluding carboxylic acids is 2. The Balaban J connectivity index is 1.61. The van der Waals surface area contributed by atoms with Crippen molar-refractivity contribution in [2.75, 3.05) is 39.4 Å². The number of hydrogen-bond donors (Lipinski definition) is 1. The minimum atomic E-state index is -0.815. The van der Waals surface area contributed by atoms with Crippen molar-refractivity contribution >= 4 is 23.1 Å². The Bertz CT molecular complexity index is 1300. The van der Waals surface area contributed by atoms with Crippen LogP contribution in [0, 0.1) is 20.8 Å². The van der Waals surface area contributed by atoms with Gasteiger partial charge in [0.2, 0.25) is 0 Å². The normalized spacial score (nSPS) is 21.1. The zero-order chi connectivity index (χ0) is 24.0. The Kier molecular flexibility index (Phi) is 5.75. The molecule has 5 heterocycles. The summed E-state index contributed by atoms with van der Waals surface area (Å²) >= 11 is 0. The number of nitrogens with zero attached hydrogens (tertiary/aromatic N) is 4. The zero-order valence-corrected chi connectivity index (χ0v) is 19.6. The molecule has 0 bridgehead atoms. The van der Waals surface area contributed by atoms with E-state index in [1.54, 1.807) is 36.6 Å². The smallest absolute Gasteiger partial charge is 0.295 e. The number of pyridine rings is 1. The van der Waals surface area contributed by atoms with Gasteiger partial charge in [-0.1, -0.05) is 6.07 Å². The van der Waals surface area contributed by atoms with Crippen LogP contribution < -0.4 is 0 Å². The van der Waals surface area contributed by atoms with Crippen molar-refractivity contribution in [2.45, 2.75) is 26.8 Å². The van der Waals surface area contributed by atoms with Crippen LogP contribution in [-0.4, -0.2) is 75.4 Å². The van der Waals surface area contributed by atoms with Crippen molar-refractivity contribution < 1.29 is 23.8 Å². The molecule has 2 aliphatic rings. The molecule has 0 unspecified atom stereocenters. The summed E-state index contributed by atoms with van der Waals surface area (Å²) in [5.74, 6) is -0.503. The van der Waals surface area contributed by atoms with Crippen molar-refractivity contribution in [3.05, 3.63) is 64.5 Å². The Labute approximate surface area is 197 Å². The molecule has 2 saturated heterocycles. The lowest BCUT2D eigenvalue weighted by Gasteiger charge is -2.30. The maximum Gasteiger partial charge on any atom is 0.295 e. The molecule has 2 aliphatic heterocycles. The van der Waals surface area contributed by atoms with E-state index < -0.39 is 17.7 Å². The first-order valence-electron chi connectivity index (χ1n) is 11.5. The van der Waals surface area contributed by atoms with E-state index in [0.717, 1.165) is 18.7 Å². The lowest BCUT2D eigenvalue weighted by molar-refractivity contribution is -0.140. The lowest BCUT2D eigenvalue weighted by Crippen LogP contribution is -2.42. The highest BCUT2D eigenvalue weighted by molar-refractivity contribution is 6.46. The number of ketones is 1. The SMILES string of the molecule is Cc1ccc([C@@H]2C(=C(O)c3c(C)nc4c(C)cccn34)C(=O)C(=O)N2CCN2CCOCC2)o1. The van der Waals surface area contributed by atoms with Gasteiger partial charge in [0.15, 0.2) is 5.76 Å². The molecule has 3 aromatic heterocycles. The number of fused-ring (bicyclic) bond motifs is 1. The molecule has 0 radical (unpaired) electrons. The number of aliphatic hydroxyl groups excluding tert-OH is 1. The molecule has 9 heteroatoms. The van der Waals surface area contributed by atoms with E-state index in [1.807, 2.05) is 19.1 Å². The first kappa shape index (κ1) is 22.4. The van der Waals surface area contributed by atoms with Crippen LogP contribution >= 0.6 is 0 Å². The topological polar surface area (TPSA) is 101 Å². The molecule has 1 amide bonds. The highest BCUT2D eigenvalue weighted by atomic mass is 16.5. The number of likely N-dealkylation sites (tertiary alicyclic amines) is 1. The fraction of sp³-hybridized carbons (Fsp3) is 0.400. The molecular formula is C25H28N4O5. The second kappa shape index (κ2) is 8.73. The van der Waals surface area contributed by atoms with Gasteiger partial charge in [-0.3, -0.25) is 18.9 Å². The van der Waals surface area contributed by atoms with Gasteiger partial charge < -0.3 is 19.2 Å². The van der Waals surface area contributed by atoms with E-state index in [0.29, 0.717) is 54.9 Å². The molecule has 34 heavy (non-hydrogen) atoms. The summed E-state index contributed by atoms with van der Waals surface area (Å²) in [7, 11) is 0. The summed E-state index contributed by atoms with van der Waals surface area (Å²) in [4.78, 5) is 34.8. The van der Waals surface area contributed by atoms with Crippen molar-refractivity contribution in [1.29, 1.82) is 0 Å². The summed E-state index contributed by atoms with van der Waals surface area (Å²) in [6, 6.07) is 6.52. The molecule has 9 nitrogen and oxygen atoms in total. The van der Waals surface area contributed by atoms with Crippen molar-refractivity contribution in [2.24, 2.45) is 0 Å². The van der Waals surface area contributed by atoms with Gasteiger partial charge in [0.1, 0.15) is 28.9 Å². The van der Waals surface area contributed by atoms with Gasteiger partial charge in [0, 0.05) is 32.4 Å². The average Bonchev–Trinajstić information content (AvgIpc) is 3.47. The third-order valence-electron chi connectivity index (χ3n) is 6.58. The van der Waals surface area contributed by atoms with Crippen LogP contribution in [0.2, 0.25) is 0 Å². The number of rotatable bonds is 5. The number of aromatic nitrogens is 2. The molecule has 0 aliphatic carbocycles. The van der Waals surface area contributed by atoms with Gasteiger partial charge in [-0.2, -0.15) is 0 Å². The van der Waals surface area contributed by atoms with Crippen LogP contribution in [0.3, 0.4) is 0 Å². The minimum Gasteiger partial charge on any atom is -0.505 e. The second-order valence-electron chi connectivity index (χ2n) is 8.83. The molecule has 5 rings (SSSR count). The maximum absolute atomic E-state index is 13.3. The number of aliphatic hydroxyl groups is 1. The predicted molar refractivity (Wildman–Crippen MR) is 124 cm³/mol. The molecule has 0 saturated carbocycles. The van der Waals surface area contributed by atoms with E-state index in [1.165, 1.54) is 4.90 Å². The van der Waals surface area contributed by atoms with Crippen LogP contribution in [0.4, 0.5) is 0 Å². The van der Waals surface area contributed by atoms with E-state index in [-0.39, 0.29) is 11.3 Å². The number of morpholine rings is 1. The minimum absolute atomic E-state index is 0.0210. The largest absolute Gasteiger partial charge is 0.505 e. The molecule has 0 aromatic carbocycles. The van der Waals surface area contributed by atoms with E-state index >= 15 is 0 Å². The predicted octanol–water partition coefficient (Wildman–Crippen LogP) is 2.61. The molecule has 3 aromatic rings. The van der Waals surface area contributed by atoms with Crippen molar-refractivity contribution in [3.63, 3.8) is 0 Å². The summed E-state index contributed by atoms with van der Waals surface area (Å²) in [6.45, 7) is 9.28. The number of furan rings is 1. The highest BCUT2D eigenvalue weighted by Crippen LogP contribution is 2.40. The van der Waals surface area contributed by atoms with Gasteiger partial charge in [0.05, 0.1) is 24.5 Å². The van der Waals surface area contributed by atoms with Gasteiger partial charge in [-0.15, -0.1) is 0 Å². The summed E-state index contributed by atoms with van der Waals surface area (Å²) in [5.41, 5.74) is 2.62. The maximum atomic E-state index is 13.3. The van der Waals surface area contributed by atoms with Crippen LogP contribution in [-0.2, 0) is 14.3 Å². The number of Topliss-reactive ketones (excluding diaryl/α,β-unsaturated/α-hetero) is 1. The molecule has 1 N–H and O–H groups in total. The zero-order valence-electron chi connectivity index (χ0n) is 19.6.